The molecule has 0 N–H and O–H groups in total. The first-order valence-corrected chi connectivity index (χ1v) is 7.74. The van der Waals surface area contributed by atoms with Crippen molar-refractivity contribution in [1.82, 2.24) is 4.31 Å². The van der Waals surface area contributed by atoms with E-state index in [2.05, 4.69) is 4.18 Å². The summed E-state index contributed by atoms with van der Waals surface area (Å²) in [6.07, 6.45) is -1.18. The predicted octanol–water partition coefficient (Wildman–Crippen LogP) is 2.52. The number of amides is 1. The summed E-state index contributed by atoms with van der Waals surface area (Å²) in [5.74, 6) is -1.79. The van der Waals surface area contributed by atoms with Crippen LogP contribution in [0.15, 0.2) is 18.2 Å². The Bertz CT molecular complexity index is 699. The van der Waals surface area contributed by atoms with Crippen molar-refractivity contribution in [3.05, 3.63) is 35.4 Å². The topological polar surface area (TPSA) is 72.9 Å². The Kier molecular flexibility index (Phi) is 4.14. The number of carbonyl (C=O) groups is 1. The Morgan fingerprint density at radius 2 is 2.00 bits per heavy atom. The predicted molar refractivity (Wildman–Crippen MR) is 72.0 cm³/mol. The molecule has 0 aromatic heterocycles. The highest BCUT2D eigenvalue weighted by molar-refractivity contribution is 7.85. The number of nitrogens with zero attached hydrogens (tertiary/aromatic N) is 1. The summed E-state index contributed by atoms with van der Waals surface area (Å²) in [7, 11) is -4.38. The number of benzene rings is 1. The first-order valence-electron chi connectivity index (χ1n) is 6.38. The molecular weight excluding hydrogens is 320 g/mol. The van der Waals surface area contributed by atoms with Gasteiger partial charge in [0.05, 0.1) is 6.61 Å². The fraction of sp³-hybridized carbons (Fsp3) is 0.462. The molecule has 0 unspecified atom stereocenters. The van der Waals surface area contributed by atoms with Crippen LogP contribution in [0.4, 0.5) is 13.6 Å². The summed E-state index contributed by atoms with van der Waals surface area (Å²) in [6.45, 7) is 4.20. The zero-order valence-corrected chi connectivity index (χ0v) is 13.0. The monoisotopic (exact) mass is 335 g/mol. The maximum Gasteiger partial charge on any atom is 0.426 e. The first-order chi connectivity index (χ1) is 10.0. The minimum Gasteiger partial charge on any atom is -0.443 e. The minimum atomic E-state index is -4.38. The van der Waals surface area contributed by atoms with Crippen molar-refractivity contribution in [2.45, 2.75) is 32.4 Å². The van der Waals surface area contributed by atoms with Gasteiger partial charge in [-0.15, -0.1) is 0 Å². The summed E-state index contributed by atoms with van der Waals surface area (Å²) in [6, 6.07) is 1.39. The summed E-state index contributed by atoms with van der Waals surface area (Å²) < 4.78 is 60.5. The van der Waals surface area contributed by atoms with E-state index in [-0.39, 0.29) is 5.56 Å². The summed E-state index contributed by atoms with van der Waals surface area (Å²) >= 11 is 0. The molecule has 6 nitrogen and oxygen atoms in total. The molecule has 1 aromatic carbocycles. The summed E-state index contributed by atoms with van der Waals surface area (Å²) in [5, 5.41) is 0. The SMILES string of the molecule is CC(C)(C)OC(=O)N1[C@@H](c2ccc(F)cc2F)COS1(=O)=O. The van der Waals surface area contributed by atoms with Crippen LogP contribution in [0.25, 0.3) is 0 Å². The fourth-order valence-corrected chi connectivity index (χ4v) is 3.06. The lowest BCUT2D eigenvalue weighted by Crippen LogP contribution is -2.39. The van der Waals surface area contributed by atoms with Gasteiger partial charge in [-0.3, -0.25) is 4.18 Å². The Morgan fingerprint density at radius 1 is 1.36 bits per heavy atom. The van der Waals surface area contributed by atoms with Crippen LogP contribution in [0.2, 0.25) is 0 Å². The van der Waals surface area contributed by atoms with Gasteiger partial charge in [0.2, 0.25) is 0 Å². The molecule has 0 saturated carbocycles. The van der Waals surface area contributed by atoms with Crippen LogP contribution >= 0.6 is 0 Å². The number of halogens is 2. The standard InChI is InChI=1S/C13H15F2NO5S/c1-13(2,3)21-12(17)16-11(7-20-22(16,18)19)9-5-4-8(14)6-10(9)15/h4-6,11H,7H2,1-3H3/t11-/m1/s1. The van der Waals surface area contributed by atoms with Crippen molar-refractivity contribution in [3.63, 3.8) is 0 Å². The fourth-order valence-electron chi connectivity index (χ4n) is 1.94. The third kappa shape index (κ3) is 3.36. The molecule has 1 fully saturated rings. The van der Waals surface area contributed by atoms with Crippen LogP contribution in [0.1, 0.15) is 32.4 Å². The van der Waals surface area contributed by atoms with E-state index in [4.69, 9.17) is 4.74 Å². The van der Waals surface area contributed by atoms with Gasteiger partial charge in [0.1, 0.15) is 23.3 Å². The smallest absolute Gasteiger partial charge is 0.426 e. The Hall–Kier alpha value is -1.74. The van der Waals surface area contributed by atoms with Gasteiger partial charge in [0, 0.05) is 11.6 Å². The van der Waals surface area contributed by atoms with Gasteiger partial charge >= 0.3 is 16.4 Å². The number of hydrogen-bond donors (Lipinski definition) is 0. The Balaban J connectivity index is 2.40. The molecule has 1 saturated heterocycles. The van der Waals surface area contributed by atoms with Crippen molar-refractivity contribution >= 4 is 16.4 Å². The highest BCUT2D eigenvalue weighted by Gasteiger charge is 2.46. The molecule has 0 spiro atoms. The molecule has 22 heavy (non-hydrogen) atoms. The Labute approximate surface area is 126 Å². The zero-order chi connectivity index (χ0) is 16.7. The molecule has 1 atom stereocenters. The van der Waals surface area contributed by atoms with E-state index in [1.807, 2.05) is 0 Å². The van der Waals surface area contributed by atoms with E-state index in [1.165, 1.54) is 0 Å². The first kappa shape index (κ1) is 16.6. The van der Waals surface area contributed by atoms with Crippen molar-refractivity contribution in [2.75, 3.05) is 6.61 Å². The van der Waals surface area contributed by atoms with E-state index >= 15 is 0 Å². The summed E-state index contributed by atoms with van der Waals surface area (Å²) in [4.78, 5) is 12.1. The number of hydrogen-bond acceptors (Lipinski definition) is 5. The van der Waals surface area contributed by atoms with Crippen molar-refractivity contribution < 1.29 is 30.9 Å². The van der Waals surface area contributed by atoms with Crippen LogP contribution in [0.3, 0.4) is 0 Å². The van der Waals surface area contributed by atoms with E-state index in [1.54, 1.807) is 20.8 Å². The quantitative estimate of drug-likeness (QED) is 0.788. The van der Waals surface area contributed by atoms with Crippen LogP contribution in [0, 0.1) is 11.6 Å². The third-order valence-electron chi connectivity index (χ3n) is 2.79. The van der Waals surface area contributed by atoms with Crippen molar-refractivity contribution in [1.29, 1.82) is 0 Å². The maximum atomic E-state index is 13.9. The second-order valence-corrected chi connectivity index (χ2v) is 7.18. The maximum absolute atomic E-state index is 13.9. The highest BCUT2D eigenvalue weighted by atomic mass is 32.2. The van der Waals surface area contributed by atoms with E-state index in [0.717, 1.165) is 12.1 Å². The molecule has 0 aliphatic carbocycles. The summed E-state index contributed by atoms with van der Waals surface area (Å²) in [5.41, 5.74) is -1.12. The molecule has 1 heterocycles. The van der Waals surface area contributed by atoms with E-state index in [9.17, 15) is 22.0 Å². The van der Waals surface area contributed by atoms with Gasteiger partial charge in [0.25, 0.3) is 0 Å². The van der Waals surface area contributed by atoms with Gasteiger partial charge in [-0.25, -0.2) is 13.6 Å². The lowest BCUT2D eigenvalue weighted by atomic mass is 10.1. The molecule has 1 amide bonds. The average Bonchev–Trinajstić information content (AvgIpc) is 2.62. The van der Waals surface area contributed by atoms with Gasteiger partial charge < -0.3 is 4.74 Å². The van der Waals surface area contributed by atoms with Gasteiger partial charge in [0.15, 0.2) is 0 Å². The van der Waals surface area contributed by atoms with Crippen LogP contribution in [-0.4, -0.2) is 31.0 Å². The second-order valence-electron chi connectivity index (χ2n) is 5.70. The molecule has 1 aliphatic rings. The normalized spacial score (nSPS) is 21.0. The number of ether oxygens (including phenoxy) is 1. The molecule has 1 aliphatic heterocycles. The molecule has 2 rings (SSSR count). The third-order valence-corrected chi connectivity index (χ3v) is 4.11. The van der Waals surface area contributed by atoms with Crippen molar-refractivity contribution in [3.8, 4) is 0 Å². The lowest BCUT2D eigenvalue weighted by Gasteiger charge is -2.26. The molecule has 9 heteroatoms. The van der Waals surface area contributed by atoms with Crippen molar-refractivity contribution in [2.24, 2.45) is 0 Å². The lowest BCUT2D eigenvalue weighted by molar-refractivity contribution is 0.0354. The number of rotatable bonds is 1. The average molecular weight is 335 g/mol. The molecule has 0 radical (unpaired) electrons. The molecule has 0 bridgehead atoms. The van der Waals surface area contributed by atoms with E-state index < -0.39 is 46.3 Å². The zero-order valence-electron chi connectivity index (χ0n) is 12.2. The number of carbonyl (C=O) groups excluding carboxylic acids is 1. The van der Waals surface area contributed by atoms with Crippen LogP contribution in [0.5, 0.6) is 0 Å². The van der Waals surface area contributed by atoms with E-state index in [0.29, 0.717) is 10.4 Å². The Morgan fingerprint density at radius 3 is 2.55 bits per heavy atom. The van der Waals surface area contributed by atoms with Gasteiger partial charge in [-0.2, -0.15) is 12.7 Å². The molecular formula is C13H15F2NO5S. The molecule has 1 aromatic rings. The van der Waals surface area contributed by atoms with Crippen LogP contribution in [-0.2, 0) is 19.2 Å². The largest absolute Gasteiger partial charge is 0.443 e. The molecule has 122 valence electrons. The van der Waals surface area contributed by atoms with Gasteiger partial charge in [-0.1, -0.05) is 6.07 Å². The van der Waals surface area contributed by atoms with Crippen LogP contribution < -0.4 is 0 Å². The second kappa shape index (κ2) is 5.47. The van der Waals surface area contributed by atoms with Gasteiger partial charge in [-0.05, 0) is 26.8 Å². The minimum absolute atomic E-state index is 0.173. The highest BCUT2D eigenvalue weighted by Crippen LogP contribution is 2.34.